The summed E-state index contributed by atoms with van der Waals surface area (Å²) in [6.45, 7) is 0. The Morgan fingerprint density at radius 3 is 3.05 bits per heavy atom. The number of thiophene rings is 1. The number of hydrazone groups is 1. The van der Waals surface area contributed by atoms with Crippen molar-refractivity contribution in [2.24, 2.45) is 5.10 Å². The van der Waals surface area contributed by atoms with Gasteiger partial charge in [-0.1, -0.05) is 23.5 Å². The van der Waals surface area contributed by atoms with E-state index in [1.807, 2.05) is 29.5 Å². The molecule has 0 saturated carbocycles. The predicted octanol–water partition coefficient (Wildman–Crippen LogP) is 4.51. The molecule has 3 aromatic rings. The Labute approximate surface area is 125 Å². The van der Waals surface area contributed by atoms with Crippen LogP contribution in [0.25, 0.3) is 10.2 Å². The number of hydrogen-bond acceptors (Lipinski definition) is 5. The van der Waals surface area contributed by atoms with Gasteiger partial charge in [-0.15, -0.1) is 11.3 Å². The number of aromatic nitrogens is 1. The van der Waals surface area contributed by atoms with E-state index in [2.05, 4.69) is 33.0 Å². The second-order valence-corrected chi connectivity index (χ2v) is 6.80. The van der Waals surface area contributed by atoms with E-state index in [0.29, 0.717) is 0 Å². The van der Waals surface area contributed by atoms with Gasteiger partial charge in [-0.25, -0.2) is 4.98 Å². The van der Waals surface area contributed by atoms with Crippen LogP contribution in [0.5, 0.6) is 0 Å². The van der Waals surface area contributed by atoms with E-state index in [-0.39, 0.29) is 0 Å². The Balaban J connectivity index is 1.63. The fourth-order valence-electron chi connectivity index (χ4n) is 2.49. The molecule has 2 heterocycles. The van der Waals surface area contributed by atoms with Crippen molar-refractivity contribution in [3.63, 3.8) is 0 Å². The molecule has 0 aliphatic heterocycles. The molecule has 1 aliphatic rings. The molecule has 1 aliphatic carbocycles. The van der Waals surface area contributed by atoms with Crippen LogP contribution < -0.4 is 5.43 Å². The Morgan fingerprint density at radius 1 is 1.15 bits per heavy atom. The van der Waals surface area contributed by atoms with Crippen molar-refractivity contribution in [2.45, 2.75) is 19.3 Å². The van der Waals surface area contributed by atoms with Gasteiger partial charge >= 0.3 is 0 Å². The van der Waals surface area contributed by atoms with Crippen molar-refractivity contribution in [1.82, 2.24) is 4.98 Å². The zero-order valence-corrected chi connectivity index (χ0v) is 12.4. The zero-order chi connectivity index (χ0) is 13.4. The molecule has 0 saturated heterocycles. The van der Waals surface area contributed by atoms with E-state index in [1.54, 1.807) is 11.3 Å². The van der Waals surface area contributed by atoms with Crippen molar-refractivity contribution >= 4 is 43.7 Å². The summed E-state index contributed by atoms with van der Waals surface area (Å²) in [7, 11) is 0. The summed E-state index contributed by atoms with van der Waals surface area (Å²) in [6.07, 6.45) is 3.42. The first-order valence-electron chi connectivity index (χ1n) is 6.65. The zero-order valence-electron chi connectivity index (χ0n) is 10.8. The fourth-order valence-corrected chi connectivity index (χ4v) is 4.25. The molecule has 2 aromatic heterocycles. The largest absolute Gasteiger partial charge is 0.252 e. The highest BCUT2D eigenvalue weighted by Crippen LogP contribution is 2.28. The lowest BCUT2D eigenvalue weighted by molar-refractivity contribution is 0.852. The number of benzene rings is 1. The van der Waals surface area contributed by atoms with Gasteiger partial charge in [-0.3, -0.25) is 5.43 Å². The Bertz CT molecular complexity index is 752. The third-order valence-corrected chi connectivity index (χ3v) is 5.38. The highest BCUT2D eigenvalue weighted by molar-refractivity contribution is 7.22. The second-order valence-electron chi connectivity index (χ2n) is 4.77. The standard InChI is InChI=1S/C15H13N3S2/c1-2-6-14-12(4-1)16-15(20-14)18-17-11-5-3-7-13-10(11)8-9-19-13/h1-2,4,6,8-9H,3,5,7H2,(H,16,18)/b17-11+. The van der Waals surface area contributed by atoms with Crippen LogP contribution in [0, 0.1) is 0 Å². The van der Waals surface area contributed by atoms with Gasteiger partial charge < -0.3 is 0 Å². The molecule has 1 aromatic carbocycles. The Kier molecular flexibility index (Phi) is 3.01. The van der Waals surface area contributed by atoms with Crippen molar-refractivity contribution in [3.05, 3.63) is 46.2 Å². The van der Waals surface area contributed by atoms with Gasteiger partial charge in [0.05, 0.1) is 15.9 Å². The molecular weight excluding hydrogens is 286 g/mol. The summed E-state index contributed by atoms with van der Waals surface area (Å²) >= 11 is 3.48. The third kappa shape index (κ3) is 2.13. The van der Waals surface area contributed by atoms with Crippen molar-refractivity contribution in [1.29, 1.82) is 0 Å². The van der Waals surface area contributed by atoms with Crippen molar-refractivity contribution < 1.29 is 0 Å². The average molecular weight is 299 g/mol. The van der Waals surface area contributed by atoms with Crippen LogP contribution in [0.4, 0.5) is 5.13 Å². The summed E-state index contributed by atoms with van der Waals surface area (Å²) in [5.74, 6) is 0. The first kappa shape index (κ1) is 12.1. The molecule has 0 amide bonds. The molecule has 20 heavy (non-hydrogen) atoms. The first-order valence-corrected chi connectivity index (χ1v) is 8.35. The Morgan fingerprint density at radius 2 is 2.10 bits per heavy atom. The van der Waals surface area contributed by atoms with Crippen LogP contribution in [0.15, 0.2) is 40.8 Å². The SMILES string of the molecule is c1ccc2sc(N/N=C3\CCCc4sccc43)nc2c1. The quantitative estimate of drug-likeness (QED) is 0.707. The summed E-state index contributed by atoms with van der Waals surface area (Å²) in [4.78, 5) is 6.00. The minimum absolute atomic E-state index is 0.862. The molecule has 0 fully saturated rings. The summed E-state index contributed by atoms with van der Waals surface area (Å²) in [5.41, 5.74) is 6.64. The van der Waals surface area contributed by atoms with Crippen LogP contribution in [0.3, 0.4) is 0 Å². The number of fused-ring (bicyclic) bond motifs is 2. The van der Waals surface area contributed by atoms with E-state index in [0.717, 1.165) is 22.8 Å². The lowest BCUT2D eigenvalue weighted by Crippen LogP contribution is -2.11. The number of aryl methyl sites for hydroxylation is 1. The molecular formula is C15H13N3S2. The van der Waals surface area contributed by atoms with Gasteiger partial charge in [0.25, 0.3) is 0 Å². The Hall–Kier alpha value is -1.72. The molecule has 100 valence electrons. The number of nitrogens with zero attached hydrogens (tertiary/aromatic N) is 2. The minimum atomic E-state index is 0.862. The van der Waals surface area contributed by atoms with Gasteiger partial charge in [0.15, 0.2) is 0 Å². The number of anilines is 1. The lowest BCUT2D eigenvalue weighted by atomic mass is 9.97. The number of rotatable bonds is 2. The predicted molar refractivity (Wildman–Crippen MR) is 87.0 cm³/mol. The fraction of sp³-hybridized carbons (Fsp3) is 0.200. The maximum atomic E-state index is 4.58. The molecule has 0 spiro atoms. The normalized spacial score (nSPS) is 16.5. The highest BCUT2D eigenvalue weighted by Gasteiger charge is 2.16. The summed E-state index contributed by atoms with van der Waals surface area (Å²) in [6, 6.07) is 10.3. The number of nitrogens with one attached hydrogen (secondary N) is 1. The molecule has 3 nitrogen and oxygen atoms in total. The van der Waals surface area contributed by atoms with Crippen LogP contribution in [0.2, 0.25) is 0 Å². The summed E-state index contributed by atoms with van der Waals surface area (Å²) < 4.78 is 1.19. The van der Waals surface area contributed by atoms with Gasteiger partial charge in [-0.05, 0) is 42.8 Å². The van der Waals surface area contributed by atoms with Crippen molar-refractivity contribution in [2.75, 3.05) is 5.43 Å². The molecule has 5 heteroatoms. The maximum Gasteiger partial charge on any atom is 0.204 e. The van der Waals surface area contributed by atoms with E-state index >= 15 is 0 Å². The van der Waals surface area contributed by atoms with Gasteiger partial charge in [0, 0.05) is 10.4 Å². The third-order valence-electron chi connectivity index (χ3n) is 3.45. The monoisotopic (exact) mass is 299 g/mol. The number of hydrogen-bond donors (Lipinski definition) is 1. The molecule has 0 bridgehead atoms. The topological polar surface area (TPSA) is 37.3 Å². The molecule has 0 unspecified atom stereocenters. The van der Waals surface area contributed by atoms with Gasteiger partial charge in [0.2, 0.25) is 5.13 Å². The maximum absolute atomic E-state index is 4.58. The van der Waals surface area contributed by atoms with E-state index in [9.17, 15) is 0 Å². The molecule has 4 rings (SSSR count). The number of para-hydroxylation sites is 1. The van der Waals surface area contributed by atoms with Gasteiger partial charge in [-0.2, -0.15) is 5.10 Å². The molecule has 0 radical (unpaired) electrons. The van der Waals surface area contributed by atoms with E-state index in [4.69, 9.17) is 0 Å². The second kappa shape index (κ2) is 5.00. The minimum Gasteiger partial charge on any atom is -0.252 e. The van der Waals surface area contributed by atoms with Gasteiger partial charge in [0.1, 0.15) is 0 Å². The highest BCUT2D eigenvalue weighted by atomic mass is 32.1. The van der Waals surface area contributed by atoms with Crippen LogP contribution in [-0.4, -0.2) is 10.7 Å². The van der Waals surface area contributed by atoms with Crippen LogP contribution >= 0.6 is 22.7 Å². The first-order chi connectivity index (χ1) is 9.90. The molecule has 0 atom stereocenters. The average Bonchev–Trinajstić information content (AvgIpc) is 3.11. The lowest BCUT2D eigenvalue weighted by Gasteiger charge is -2.13. The summed E-state index contributed by atoms with van der Waals surface area (Å²) in [5, 5.41) is 7.60. The molecule has 1 N–H and O–H groups in total. The smallest absolute Gasteiger partial charge is 0.204 e. The number of thiazole rings is 1. The van der Waals surface area contributed by atoms with Crippen LogP contribution in [-0.2, 0) is 6.42 Å². The van der Waals surface area contributed by atoms with E-state index in [1.165, 1.54) is 28.0 Å². The van der Waals surface area contributed by atoms with Crippen molar-refractivity contribution in [3.8, 4) is 0 Å². The van der Waals surface area contributed by atoms with E-state index < -0.39 is 0 Å². The van der Waals surface area contributed by atoms with Crippen LogP contribution in [0.1, 0.15) is 23.3 Å².